The summed E-state index contributed by atoms with van der Waals surface area (Å²) in [6.45, 7) is 2.26. The Bertz CT molecular complexity index is 2690. The summed E-state index contributed by atoms with van der Waals surface area (Å²) in [6.07, 6.45) is -0.885. The van der Waals surface area contributed by atoms with E-state index in [1.165, 1.54) is 25.8 Å². The highest BCUT2D eigenvalue weighted by atomic mass is 16.4. The summed E-state index contributed by atoms with van der Waals surface area (Å²) in [4.78, 5) is 182. The number of guanidine groups is 4. The van der Waals surface area contributed by atoms with Crippen molar-refractivity contribution in [3.05, 3.63) is 0 Å². The number of aliphatic hydroxyl groups is 1. The average Bonchev–Trinajstić information content (AvgIpc) is 1.63. The van der Waals surface area contributed by atoms with Gasteiger partial charge in [0.25, 0.3) is 0 Å². The van der Waals surface area contributed by atoms with Crippen molar-refractivity contribution in [2.45, 2.75) is 196 Å². The van der Waals surface area contributed by atoms with E-state index in [0.717, 1.165) is 4.90 Å². The first-order chi connectivity index (χ1) is 45.2. The minimum atomic E-state index is -1.67. The summed E-state index contributed by atoms with van der Waals surface area (Å²) in [6, 6.07) is -14.2. The van der Waals surface area contributed by atoms with Crippen LogP contribution in [0.3, 0.4) is 0 Å². The van der Waals surface area contributed by atoms with Gasteiger partial charge in [-0.2, -0.15) is 0 Å². The zero-order chi connectivity index (χ0) is 72.6. The lowest BCUT2D eigenvalue weighted by Crippen LogP contribution is -2.60. The number of carboxylic acid groups (broad SMARTS) is 2. The number of nitrogens with one attached hydrogen (secondary N) is 8. The number of likely N-dealkylation sites (tertiary alicyclic amines) is 1. The second-order valence-electron chi connectivity index (χ2n) is 23.0. The SMILES string of the molecule is C[C@H](NC(=O)[C@H](CCC(=O)O)NC(=O)[C@H](CCCN=C(N)N)NC(=O)[C@@H]1CCCN1C(=O)[C@@H](N)[C@@H](C)O)C(=O)N[C@@H](CCCN=C(N)N)C(=O)N[C@@H](CCCN=C(N)N)C(=O)N[C@@H](CCCCN)C(=O)N[C@@H](CCCCN)C(=O)N[C@@H](CCCN=C(N)N)C(=O)N(C)CC(=O)O. The minimum absolute atomic E-state index is 0.0101. The molecule has 0 aromatic carbocycles. The third kappa shape index (κ3) is 34.1. The van der Waals surface area contributed by atoms with Crippen LogP contribution in [0, 0.1) is 0 Å². The second-order valence-corrected chi connectivity index (χ2v) is 23.0. The molecule has 1 rings (SSSR count). The molecule has 544 valence electrons. The maximum Gasteiger partial charge on any atom is 0.323 e. The predicted octanol–water partition coefficient (Wildman–Crippen LogP) is -9.54. The molecule has 0 unspecified atom stereocenters. The largest absolute Gasteiger partial charge is 0.481 e. The van der Waals surface area contributed by atoms with Crippen LogP contribution >= 0.6 is 0 Å². The molecule has 0 saturated carbocycles. The van der Waals surface area contributed by atoms with E-state index in [9.17, 15) is 72.9 Å². The smallest absolute Gasteiger partial charge is 0.323 e. The molecule has 0 aromatic heterocycles. The molecular weight excluding hydrogens is 1260 g/mol. The lowest BCUT2D eigenvalue weighted by atomic mass is 10.0. The van der Waals surface area contributed by atoms with E-state index in [2.05, 4.69) is 62.5 Å². The van der Waals surface area contributed by atoms with Crippen LogP contribution in [-0.4, -0.2) is 246 Å². The number of aliphatic imine (C=N–C) groups is 4. The molecule has 0 spiro atoms. The van der Waals surface area contributed by atoms with Gasteiger partial charge < -0.3 is 131 Å². The zero-order valence-electron chi connectivity index (χ0n) is 55.0. The third-order valence-corrected chi connectivity index (χ3v) is 14.9. The molecule has 40 nitrogen and oxygen atoms in total. The summed E-state index contributed by atoms with van der Waals surface area (Å²) in [5.41, 5.74) is 61.5. The van der Waals surface area contributed by atoms with E-state index >= 15 is 0 Å². The highest BCUT2D eigenvalue weighted by molar-refractivity contribution is 5.99. The maximum absolute atomic E-state index is 14.6. The van der Waals surface area contributed by atoms with Crippen LogP contribution in [0.4, 0.5) is 0 Å². The van der Waals surface area contributed by atoms with Gasteiger partial charge in [-0.25, -0.2) is 0 Å². The van der Waals surface area contributed by atoms with Crippen LogP contribution in [0.15, 0.2) is 20.0 Å². The van der Waals surface area contributed by atoms with E-state index in [1.54, 1.807) is 0 Å². The van der Waals surface area contributed by atoms with Crippen LogP contribution in [0.1, 0.15) is 129 Å². The van der Waals surface area contributed by atoms with Crippen molar-refractivity contribution in [1.82, 2.24) is 52.3 Å². The first-order valence-corrected chi connectivity index (χ1v) is 31.7. The van der Waals surface area contributed by atoms with Crippen LogP contribution in [0.5, 0.6) is 0 Å². The number of hydrogen-bond donors (Lipinski definition) is 22. The molecule has 1 saturated heterocycles. The quantitative estimate of drug-likeness (QED) is 0.0153. The fraction of sp³-hybridized carbons (Fsp3) is 0.714. The van der Waals surface area contributed by atoms with Crippen LogP contribution in [-0.2, 0) is 57.5 Å². The van der Waals surface area contributed by atoms with Gasteiger partial charge in [0.1, 0.15) is 67.0 Å². The summed E-state index contributed by atoms with van der Waals surface area (Å²) >= 11 is 0. The Labute approximate surface area is 556 Å². The predicted molar refractivity (Wildman–Crippen MR) is 353 cm³/mol. The molecule has 33 N–H and O–H groups in total. The highest BCUT2D eigenvalue weighted by Crippen LogP contribution is 2.20. The van der Waals surface area contributed by atoms with Crippen molar-refractivity contribution in [3.8, 4) is 0 Å². The average molecular weight is 1370 g/mol. The van der Waals surface area contributed by atoms with E-state index in [-0.39, 0.29) is 147 Å². The number of nitrogens with two attached hydrogens (primary N) is 11. The molecule has 1 heterocycles. The number of carbonyl (C=O) groups excluding carboxylic acids is 10. The molecule has 96 heavy (non-hydrogen) atoms. The van der Waals surface area contributed by atoms with Gasteiger partial charge in [0.2, 0.25) is 59.1 Å². The zero-order valence-corrected chi connectivity index (χ0v) is 55.0. The normalized spacial score (nSPS) is 15.6. The molecule has 0 bridgehead atoms. The summed E-state index contributed by atoms with van der Waals surface area (Å²) in [7, 11) is 1.23. The fourth-order valence-corrected chi connectivity index (χ4v) is 9.69. The summed E-state index contributed by atoms with van der Waals surface area (Å²) in [5, 5.41) is 49.6. The number of aliphatic hydroxyl groups excluding tert-OH is 1. The van der Waals surface area contributed by atoms with E-state index < -0.39 is 157 Å². The monoisotopic (exact) mass is 1370 g/mol. The van der Waals surface area contributed by atoms with Crippen molar-refractivity contribution in [2.75, 3.05) is 59.4 Å². The van der Waals surface area contributed by atoms with Gasteiger partial charge in [0.05, 0.1) is 6.10 Å². The van der Waals surface area contributed by atoms with E-state index in [4.69, 9.17) is 63.1 Å². The van der Waals surface area contributed by atoms with Crippen molar-refractivity contribution >= 4 is 94.8 Å². The van der Waals surface area contributed by atoms with Crippen molar-refractivity contribution in [1.29, 1.82) is 0 Å². The van der Waals surface area contributed by atoms with Gasteiger partial charge >= 0.3 is 11.9 Å². The van der Waals surface area contributed by atoms with E-state index in [1.807, 2.05) is 0 Å². The second kappa shape index (κ2) is 45.8. The number of carboxylic acids is 2. The third-order valence-electron chi connectivity index (χ3n) is 14.9. The topological polar surface area (TPSA) is 704 Å². The van der Waals surface area contributed by atoms with Crippen molar-refractivity contribution in [2.24, 2.45) is 83.0 Å². The molecular formula is C56H105N25O15. The lowest BCUT2D eigenvalue weighted by Gasteiger charge is -2.29. The lowest BCUT2D eigenvalue weighted by molar-refractivity contribution is -0.145. The highest BCUT2D eigenvalue weighted by Gasteiger charge is 2.40. The molecule has 10 amide bonds. The van der Waals surface area contributed by atoms with Gasteiger partial charge in [-0.05, 0) is 136 Å². The number of amides is 10. The Kier molecular flexibility index (Phi) is 40.4. The Morgan fingerprint density at radius 2 is 0.802 bits per heavy atom. The van der Waals surface area contributed by atoms with Gasteiger partial charge in [-0.15, -0.1) is 0 Å². The fourth-order valence-electron chi connectivity index (χ4n) is 9.69. The van der Waals surface area contributed by atoms with Gasteiger partial charge in [-0.3, -0.25) is 77.5 Å². The standard InChI is InChI=1S/C56H105N25O15/c1-30(72-44(88)37(20-21-40(83)84)77-48(92)36(17-10-26-70-55(64)65)78-50(94)39-19-12-28-81(39)52(96)42(59)31(2)82)43(87)73-34(15-8-24-68-53(60)61)46(90)76-35(16-9-25-69-54(62)63)47(91)74-32(13-4-6-22-57)45(89)75-33(14-5-7-23-58)49(93)79-38(18-11-27-71-56(66)67)51(95)80(3)29-41(85)86/h30-39,42,82H,4-29,57-59H2,1-3H3,(H,72,88)(H,73,87)(H,74,91)(H,75,89)(H,76,90)(H,77,92)(H,78,94)(H,79,93)(H,83,84)(H,85,86)(H4,60,61,68)(H4,62,63,69)(H4,64,65,70)(H4,66,67,71)/t30-,31+,32-,33-,34-,35-,36-,37-,38-,39-,42-/m0/s1. The number of aliphatic carboxylic acids is 2. The molecule has 0 radical (unpaired) electrons. The van der Waals surface area contributed by atoms with Crippen LogP contribution in [0.25, 0.3) is 0 Å². The molecule has 11 atom stereocenters. The molecule has 0 aromatic rings. The number of unbranched alkanes of at least 4 members (excludes halogenated alkanes) is 2. The number of nitrogens with zero attached hydrogens (tertiary/aromatic N) is 6. The van der Waals surface area contributed by atoms with Gasteiger partial charge in [-0.1, -0.05) is 0 Å². The van der Waals surface area contributed by atoms with Crippen LogP contribution in [0.2, 0.25) is 0 Å². The number of carbonyl (C=O) groups is 12. The number of hydrogen-bond acceptors (Lipinski definition) is 20. The first-order valence-electron chi connectivity index (χ1n) is 31.7. The Balaban J connectivity index is 3.71. The maximum atomic E-state index is 14.6. The number of likely N-dealkylation sites (N-methyl/N-ethyl adjacent to an activating group) is 1. The number of rotatable bonds is 48. The molecule has 1 aliphatic rings. The minimum Gasteiger partial charge on any atom is -0.481 e. The van der Waals surface area contributed by atoms with Crippen LogP contribution < -0.4 is 106 Å². The first kappa shape index (κ1) is 84.6. The Morgan fingerprint density at radius 3 is 1.16 bits per heavy atom. The molecule has 1 aliphatic heterocycles. The van der Waals surface area contributed by atoms with E-state index in [0.29, 0.717) is 25.7 Å². The van der Waals surface area contributed by atoms with Gasteiger partial charge in [0, 0.05) is 46.2 Å². The molecule has 1 fully saturated rings. The summed E-state index contributed by atoms with van der Waals surface area (Å²) in [5.74, 6) is -12.7. The Morgan fingerprint density at radius 1 is 0.469 bits per heavy atom. The van der Waals surface area contributed by atoms with Gasteiger partial charge in [0.15, 0.2) is 23.8 Å². The van der Waals surface area contributed by atoms with Crippen molar-refractivity contribution in [3.63, 3.8) is 0 Å². The molecule has 40 heteroatoms. The molecule has 0 aliphatic carbocycles. The summed E-state index contributed by atoms with van der Waals surface area (Å²) < 4.78 is 0. The Hall–Kier alpha value is -9.44. The van der Waals surface area contributed by atoms with Crippen molar-refractivity contribution < 1.29 is 72.9 Å².